The number of rotatable bonds is 3. The van der Waals surface area contributed by atoms with Crippen LogP contribution in [0.1, 0.15) is 49.8 Å². The van der Waals surface area contributed by atoms with E-state index in [1.165, 1.54) is 36.8 Å². The average Bonchev–Trinajstić information content (AvgIpc) is 2.82. The highest BCUT2D eigenvalue weighted by atomic mass is 15.1. The van der Waals surface area contributed by atoms with Crippen LogP contribution in [0.2, 0.25) is 0 Å². The van der Waals surface area contributed by atoms with Crippen LogP contribution in [-0.4, -0.2) is 12.0 Å². The first-order valence-electron chi connectivity index (χ1n) is 6.82. The van der Waals surface area contributed by atoms with Crippen molar-refractivity contribution in [3.63, 3.8) is 0 Å². The summed E-state index contributed by atoms with van der Waals surface area (Å²) in [6.45, 7) is 4.25. The Labute approximate surface area is 109 Å². The number of hydrogen-bond donors (Lipinski definition) is 2. The molecule has 0 saturated heterocycles. The van der Waals surface area contributed by atoms with Crippen LogP contribution in [0, 0.1) is 6.92 Å². The first-order valence-corrected chi connectivity index (χ1v) is 6.82. The average molecular weight is 245 g/mol. The topological polar surface area (TPSA) is 50.4 Å². The zero-order valence-electron chi connectivity index (χ0n) is 11.3. The van der Waals surface area contributed by atoms with Crippen molar-refractivity contribution in [3.8, 4) is 0 Å². The highest BCUT2D eigenvalue weighted by Gasteiger charge is 2.15. The zero-order chi connectivity index (χ0) is 13.0. The fourth-order valence-corrected chi connectivity index (χ4v) is 2.64. The Morgan fingerprint density at radius 2 is 2.00 bits per heavy atom. The van der Waals surface area contributed by atoms with Crippen LogP contribution in [-0.2, 0) is 0 Å². The molecule has 3 nitrogen and oxygen atoms in total. The summed E-state index contributed by atoms with van der Waals surface area (Å²) in [6.07, 6.45) is 4.94. The third-order valence-electron chi connectivity index (χ3n) is 3.67. The number of aliphatic imine (C=N–C) groups is 1. The molecule has 1 aromatic carbocycles. The molecule has 1 atom stereocenters. The largest absolute Gasteiger partial charge is 0.370 e. The number of aryl methyl sites for hydroxylation is 1. The standard InChI is InChI=1S/C15H23N3/c1-11-7-3-6-10-14(11)12(2)17-15(16)18-13-8-4-5-9-13/h3,6-7,10,12-13H,4-5,8-9H2,1-2H3,(H3,16,17,18). The SMILES string of the molecule is Cc1ccccc1C(C)NC(N)=NC1CCCC1. The predicted molar refractivity (Wildman–Crippen MR) is 76.6 cm³/mol. The van der Waals surface area contributed by atoms with Gasteiger partial charge in [0.2, 0.25) is 0 Å². The minimum absolute atomic E-state index is 0.205. The first-order chi connectivity index (χ1) is 8.66. The van der Waals surface area contributed by atoms with Crippen molar-refractivity contribution in [2.24, 2.45) is 10.7 Å². The molecule has 0 aromatic heterocycles. The minimum atomic E-state index is 0.205. The van der Waals surface area contributed by atoms with Crippen molar-refractivity contribution in [1.82, 2.24) is 5.32 Å². The third-order valence-corrected chi connectivity index (χ3v) is 3.67. The van der Waals surface area contributed by atoms with Crippen molar-refractivity contribution in [2.75, 3.05) is 0 Å². The van der Waals surface area contributed by atoms with Crippen molar-refractivity contribution in [3.05, 3.63) is 35.4 Å². The summed E-state index contributed by atoms with van der Waals surface area (Å²) in [5, 5.41) is 3.29. The molecule has 98 valence electrons. The number of guanidine groups is 1. The molecule has 3 heteroatoms. The van der Waals surface area contributed by atoms with E-state index in [-0.39, 0.29) is 6.04 Å². The highest BCUT2D eigenvalue weighted by Crippen LogP contribution is 2.21. The van der Waals surface area contributed by atoms with Gasteiger partial charge in [0.15, 0.2) is 5.96 Å². The summed E-state index contributed by atoms with van der Waals surface area (Å²) in [5.41, 5.74) is 8.54. The smallest absolute Gasteiger partial charge is 0.189 e. The van der Waals surface area contributed by atoms with Crippen LogP contribution >= 0.6 is 0 Å². The summed E-state index contributed by atoms with van der Waals surface area (Å²) in [6, 6.07) is 9.01. The molecular weight excluding hydrogens is 222 g/mol. The summed E-state index contributed by atoms with van der Waals surface area (Å²) in [5.74, 6) is 0.581. The lowest BCUT2D eigenvalue weighted by Gasteiger charge is -2.17. The molecule has 0 spiro atoms. The quantitative estimate of drug-likeness (QED) is 0.635. The number of nitrogens with zero attached hydrogens (tertiary/aromatic N) is 1. The lowest BCUT2D eigenvalue weighted by atomic mass is 10.0. The molecule has 1 aliphatic carbocycles. The van der Waals surface area contributed by atoms with E-state index in [9.17, 15) is 0 Å². The van der Waals surface area contributed by atoms with E-state index >= 15 is 0 Å². The van der Waals surface area contributed by atoms with Crippen LogP contribution in [0.15, 0.2) is 29.3 Å². The molecule has 2 rings (SSSR count). The van der Waals surface area contributed by atoms with Gasteiger partial charge in [-0.25, -0.2) is 0 Å². The van der Waals surface area contributed by atoms with Crippen molar-refractivity contribution < 1.29 is 0 Å². The molecule has 1 unspecified atom stereocenters. The maximum atomic E-state index is 5.98. The number of benzene rings is 1. The van der Waals surface area contributed by atoms with Crippen molar-refractivity contribution in [2.45, 2.75) is 51.6 Å². The Hall–Kier alpha value is -1.51. The highest BCUT2D eigenvalue weighted by molar-refractivity contribution is 5.78. The summed E-state index contributed by atoms with van der Waals surface area (Å²) < 4.78 is 0. The van der Waals surface area contributed by atoms with E-state index in [0.717, 1.165) is 0 Å². The zero-order valence-corrected chi connectivity index (χ0v) is 11.3. The van der Waals surface area contributed by atoms with Gasteiger partial charge in [0.1, 0.15) is 0 Å². The Kier molecular flexibility index (Phi) is 4.24. The van der Waals surface area contributed by atoms with Gasteiger partial charge >= 0.3 is 0 Å². The molecule has 1 saturated carbocycles. The van der Waals surface area contributed by atoms with Gasteiger partial charge in [-0.2, -0.15) is 0 Å². The maximum absolute atomic E-state index is 5.98. The lowest BCUT2D eigenvalue weighted by Crippen LogP contribution is -2.35. The minimum Gasteiger partial charge on any atom is -0.370 e. The first kappa shape index (κ1) is 12.9. The Bertz CT molecular complexity index is 420. The molecular formula is C15H23N3. The number of nitrogens with one attached hydrogen (secondary N) is 1. The van der Waals surface area contributed by atoms with Crippen LogP contribution in [0.25, 0.3) is 0 Å². The van der Waals surface area contributed by atoms with Crippen LogP contribution < -0.4 is 11.1 Å². The van der Waals surface area contributed by atoms with E-state index < -0.39 is 0 Å². The van der Waals surface area contributed by atoms with Crippen molar-refractivity contribution >= 4 is 5.96 Å². The van der Waals surface area contributed by atoms with Crippen molar-refractivity contribution in [1.29, 1.82) is 0 Å². The maximum Gasteiger partial charge on any atom is 0.189 e. The molecule has 0 amide bonds. The second kappa shape index (κ2) is 5.89. The molecule has 0 aliphatic heterocycles. The fourth-order valence-electron chi connectivity index (χ4n) is 2.64. The second-order valence-electron chi connectivity index (χ2n) is 5.18. The van der Waals surface area contributed by atoms with Gasteiger partial charge in [0.25, 0.3) is 0 Å². The van der Waals surface area contributed by atoms with Gasteiger partial charge in [0.05, 0.1) is 12.1 Å². The molecule has 0 bridgehead atoms. The van der Waals surface area contributed by atoms with E-state index in [2.05, 4.69) is 48.4 Å². The van der Waals surface area contributed by atoms with E-state index in [4.69, 9.17) is 5.73 Å². The summed E-state index contributed by atoms with van der Waals surface area (Å²) in [4.78, 5) is 4.55. The Morgan fingerprint density at radius 1 is 1.33 bits per heavy atom. The monoisotopic (exact) mass is 245 g/mol. The molecule has 1 aliphatic rings. The van der Waals surface area contributed by atoms with Crippen LogP contribution in [0.5, 0.6) is 0 Å². The lowest BCUT2D eigenvalue weighted by molar-refractivity contribution is 0.667. The molecule has 3 N–H and O–H groups in total. The van der Waals surface area contributed by atoms with E-state index in [1.807, 2.05) is 0 Å². The molecule has 1 fully saturated rings. The molecule has 0 radical (unpaired) electrons. The fraction of sp³-hybridized carbons (Fsp3) is 0.533. The van der Waals surface area contributed by atoms with Gasteiger partial charge < -0.3 is 11.1 Å². The molecule has 0 heterocycles. The van der Waals surface area contributed by atoms with E-state index in [1.54, 1.807) is 0 Å². The normalized spacial score (nSPS) is 18.9. The molecule has 1 aromatic rings. The number of nitrogens with two attached hydrogens (primary N) is 1. The van der Waals surface area contributed by atoms with Gasteiger partial charge in [0, 0.05) is 0 Å². The predicted octanol–water partition coefficient (Wildman–Crippen LogP) is 2.90. The van der Waals surface area contributed by atoms with Gasteiger partial charge in [-0.05, 0) is 37.8 Å². The summed E-state index contributed by atoms with van der Waals surface area (Å²) in [7, 11) is 0. The Balaban J connectivity index is 1.98. The van der Waals surface area contributed by atoms with Gasteiger partial charge in [-0.3, -0.25) is 4.99 Å². The van der Waals surface area contributed by atoms with Crippen LogP contribution in [0.4, 0.5) is 0 Å². The molecule has 18 heavy (non-hydrogen) atoms. The third kappa shape index (κ3) is 3.25. The number of hydrogen-bond acceptors (Lipinski definition) is 1. The van der Waals surface area contributed by atoms with Gasteiger partial charge in [-0.1, -0.05) is 37.1 Å². The summed E-state index contributed by atoms with van der Waals surface area (Å²) >= 11 is 0. The van der Waals surface area contributed by atoms with Gasteiger partial charge in [-0.15, -0.1) is 0 Å². The second-order valence-corrected chi connectivity index (χ2v) is 5.18. The van der Waals surface area contributed by atoms with Crippen LogP contribution in [0.3, 0.4) is 0 Å². The Morgan fingerprint density at radius 3 is 2.67 bits per heavy atom. The van der Waals surface area contributed by atoms with E-state index in [0.29, 0.717) is 12.0 Å².